The summed E-state index contributed by atoms with van der Waals surface area (Å²) in [5, 5.41) is 10.1. The Morgan fingerprint density at radius 2 is 2.15 bits per heavy atom. The second-order valence-corrected chi connectivity index (χ2v) is 5.00. The number of aliphatic hydroxyl groups is 1. The van der Waals surface area contributed by atoms with Gasteiger partial charge in [0.1, 0.15) is 5.78 Å². The van der Waals surface area contributed by atoms with Crippen molar-refractivity contribution in [3.63, 3.8) is 0 Å². The molecule has 0 aromatic heterocycles. The zero-order valence-electron chi connectivity index (χ0n) is 7.73. The number of carbonyl (C=O) groups is 1. The maximum absolute atomic E-state index is 11.7. The first-order valence-electron chi connectivity index (χ1n) is 5.03. The Labute approximate surface area is 77.6 Å². The highest BCUT2D eigenvalue weighted by molar-refractivity contribution is 5.86. The molecule has 3 rings (SSSR count). The van der Waals surface area contributed by atoms with E-state index in [-0.39, 0.29) is 17.6 Å². The molecule has 2 fully saturated rings. The first-order valence-corrected chi connectivity index (χ1v) is 5.03. The van der Waals surface area contributed by atoms with E-state index < -0.39 is 5.60 Å². The third-order valence-corrected chi connectivity index (χ3v) is 4.08. The third-order valence-electron chi connectivity index (χ3n) is 4.08. The van der Waals surface area contributed by atoms with E-state index in [9.17, 15) is 9.90 Å². The monoisotopic (exact) mass is 178 g/mol. The highest BCUT2D eigenvalue weighted by Gasteiger charge is 2.59. The van der Waals surface area contributed by atoms with Gasteiger partial charge in [0.05, 0.1) is 5.60 Å². The van der Waals surface area contributed by atoms with Crippen LogP contribution in [0.3, 0.4) is 0 Å². The van der Waals surface area contributed by atoms with Crippen LogP contribution in [0, 0.1) is 23.7 Å². The minimum Gasteiger partial charge on any atom is -0.389 e. The van der Waals surface area contributed by atoms with Crippen molar-refractivity contribution in [2.24, 2.45) is 23.7 Å². The van der Waals surface area contributed by atoms with E-state index in [0.29, 0.717) is 18.3 Å². The molecule has 5 atom stereocenters. The van der Waals surface area contributed by atoms with Crippen molar-refractivity contribution in [1.29, 1.82) is 0 Å². The van der Waals surface area contributed by atoms with E-state index in [1.54, 1.807) is 0 Å². The number of hydrogen-bond acceptors (Lipinski definition) is 2. The van der Waals surface area contributed by atoms with Crippen LogP contribution in [0.2, 0.25) is 0 Å². The van der Waals surface area contributed by atoms with Gasteiger partial charge in [0.15, 0.2) is 0 Å². The number of rotatable bonds is 0. The quantitative estimate of drug-likeness (QED) is 0.565. The van der Waals surface area contributed by atoms with E-state index in [0.717, 1.165) is 6.42 Å². The summed E-state index contributed by atoms with van der Waals surface area (Å²) in [5.74, 6) is 1.56. The molecule has 0 radical (unpaired) electrons. The summed E-state index contributed by atoms with van der Waals surface area (Å²) < 4.78 is 0. The predicted molar refractivity (Wildman–Crippen MR) is 48.0 cm³/mol. The number of ketones is 1. The fourth-order valence-electron chi connectivity index (χ4n) is 3.70. The standard InChI is InChI=1S/C11H14O2/c1-11(13)5-8(12)9-6-2-3-7(4-6)10(9)11/h2-3,6-7,9-10,13H,4-5H2,1H3/t6-,7-,9-,10-,11-/m0/s1. The summed E-state index contributed by atoms with van der Waals surface area (Å²) >= 11 is 0. The molecule has 2 saturated carbocycles. The lowest BCUT2D eigenvalue weighted by atomic mass is 9.79. The van der Waals surface area contributed by atoms with Crippen LogP contribution in [0.5, 0.6) is 0 Å². The largest absolute Gasteiger partial charge is 0.389 e. The lowest BCUT2D eigenvalue weighted by molar-refractivity contribution is -0.122. The summed E-state index contributed by atoms with van der Waals surface area (Å²) in [6.45, 7) is 1.82. The second kappa shape index (κ2) is 2.06. The van der Waals surface area contributed by atoms with Gasteiger partial charge in [-0.05, 0) is 25.2 Å². The Kier molecular flexibility index (Phi) is 1.23. The molecule has 0 saturated heterocycles. The Bertz CT molecular complexity index is 303. The first-order chi connectivity index (χ1) is 6.09. The summed E-state index contributed by atoms with van der Waals surface area (Å²) in [7, 11) is 0. The summed E-state index contributed by atoms with van der Waals surface area (Å²) in [5.41, 5.74) is -0.730. The first kappa shape index (κ1) is 7.74. The topological polar surface area (TPSA) is 37.3 Å². The average molecular weight is 178 g/mol. The third kappa shape index (κ3) is 0.798. The van der Waals surface area contributed by atoms with E-state index in [4.69, 9.17) is 0 Å². The Balaban J connectivity index is 2.06. The zero-order valence-corrected chi connectivity index (χ0v) is 7.73. The lowest BCUT2D eigenvalue weighted by Crippen LogP contribution is -2.34. The zero-order chi connectivity index (χ0) is 9.22. The molecule has 0 aromatic carbocycles. The van der Waals surface area contributed by atoms with Crippen LogP contribution in [0.4, 0.5) is 0 Å². The van der Waals surface area contributed by atoms with Crippen LogP contribution >= 0.6 is 0 Å². The van der Waals surface area contributed by atoms with Crippen molar-refractivity contribution in [2.75, 3.05) is 0 Å². The van der Waals surface area contributed by atoms with Crippen molar-refractivity contribution in [3.8, 4) is 0 Å². The molecule has 1 N–H and O–H groups in total. The maximum atomic E-state index is 11.7. The molecule has 0 amide bonds. The molecule has 0 aromatic rings. The number of fused-ring (bicyclic) bond motifs is 5. The van der Waals surface area contributed by atoms with Crippen LogP contribution in [0.1, 0.15) is 19.8 Å². The highest BCUT2D eigenvalue weighted by Crippen LogP contribution is 2.57. The maximum Gasteiger partial charge on any atom is 0.139 e. The molecule has 0 aliphatic heterocycles. The molecule has 3 aliphatic rings. The van der Waals surface area contributed by atoms with Gasteiger partial charge in [-0.1, -0.05) is 12.2 Å². The van der Waals surface area contributed by atoms with Crippen LogP contribution < -0.4 is 0 Å². The SMILES string of the molecule is C[C@]1(O)CC(=O)[C@H]2[C@@H]1[C@H]1C=C[C@H]2C1. The van der Waals surface area contributed by atoms with E-state index >= 15 is 0 Å². The van der Waals surface area contributed by atoms with Gasteiger partial charge in [-0.15, -0.1) is 0 Å². The Hall–Kier alpha value is -0.630. The van der Waals surface area contributed by atoms with Gasteiger partial charge in [0.25, 0.3) is 0 Å². The molecular formula is C11H14O2. The van der Waals surface area contributed by atoms with Crippen LogP contribution in [0.15, 0.2) is 12.2 Å². The fourth-order valence-corrected chi connectivity index (χ4v) is 3.70. The van der Waals surface area contributed by atoms with E-state index in [1.165, 1.54) is 0 Å². The van der Waals surface area contributed by atoms with Gasteiger partial charge in [-0.25, -0.2) is 0 Å². The Morgan fingerprint density at radius 1 is 1.46 bits per heavy atom. The van der Waals surface area contributed by atoms with Gasteiger partial charge in [0, 0.05) is 18.3 Å². The molecule has 0 heterocycles. The predicted octanol–water partition coefficient (Wildman–Crippen LogP) is 1.15. The molecule has 13 heavy (non-hydrogen) atoms. The fraction of sp³-hybridized carbons (Fsp3) is 0.727. The van der Waals surface area contributed by atoms with Gasteiger partial charge in [-0.2, -0.15) is 0 Å². The smallest absolute Gasteiger partial charge is 0.139 e. The number of hydrogen-bond donors (Lipinski definition) is 1. The van der Waals surface area contributed by atoms with E-state index in [1.807, 2.05) is 6.92 Å². The lowest BCUT2D eigenvalue weighted by Gasteiger charge is -2.29. The van der Waals surface area contributed by atoms with Crippen molar-refractivity contribution < 1.29 is 9.90 Å². The van der Waals surface area contributed by atoms with Crippen LogP contribution in [0.25, 0.3) is 0 Å². The number of Topliss-reactive ketones (excluding diaryl/α,β-unsaturated/α-hetero) is 1. The Morgan fingerprint density at radius 3 is 2.85 bits per heavy atom. The highest BCUT2D eigenvalue weighted by atomic mass is 16.3. The second-order valence-electron chi connectivity index (χ2n) is 5.00. The van der Waals surface area contributed by atoms with Crippen molar-refractivity contribution >= 4 is 5.78 Å². The molecule has 70 valence electrons. The molecule has 3 aliphatic carbocycles. The van der Waals surface area contributed by atoms with Crippen LogP contribution in [-0.2, 0) is 4.79 Å². The molecule has 2 heteroatoms. The summed E-state index contributed by atoms with van der Waals surface area (Å²) in [6, 6.07) is 0. The molecule has 0 spiro atoms. The molecule has 2 nitrogen and oxygen atoms in total. The van der Waals surface area contributed by atoms with Crippen molar-refractivity contribution in [3.05, 3.63) is 12.2 Å². The summed E-state index contributed by atoms with van der Waals surface area (Å²) in [4.78, 5) is 11.7. The average Bonchev–Trinajstić information content (AvgIpc) is 2.63. The van der Waals surface area contributed by atoms with Gasteiger partial charge < -0.3 is 5.11 Å². The molecule has 0 unspecified atom stereocenters. The van der Waals surface area contributed by atoms with Crippen LogP contribution in [-0.4, -0.2) is 16.5 Å². The molecular weight excluding hydrogens is 164 g/mol. The van der Waals surface area contributed by atoms with Gasteiger partial charge >= 0.3 is 0 Å². The van der Waals surface area contributed by atoms with E-state index in [2.05, 4.69) is 12.2 Å². The normalized spacial score (nSPS) is 57.5. The van der Waals surface area contributed by atoms with Gasteiger partial charge in [0.2, 0.25) is 0 Å². The summed E-state index contributed by atoms with van der Waals surface area (Å²) in [6.07, 6.45) is 5.83. The minimum atomic E-state index is -0.730. The van der Waals surface area contributed by atoms with Crippen molar-refractivity contribution in [2.45, 2.75) is 25.4 Å². The number of allylic oxidation sites excluding steroid dienone is 2. The minimum absolute atomic E-state index is 0.144. The van der Waals surface area contributed by atoms with Crippen molar-refractivity contribution in [1.82, 2.24) is 0 Å². The number of carbonyl (C=O) groups excluding carboxylic acids is 1. The molecule has 2 bridgehead atoms. The van der Waals surface area contributed by atoms with Gasteiger partial charge in [-0.3, -0.25) is 4.79 Å².